The number of para-hydroxylation sites is 1. The maximum absolute atomic E-state index is 11.2. The number of nitrogens with zero attached hydrogens (tertiary/aromatic N) is 1. The van der Waals surface area contributed by atoms with Crippen LogP contribution in [0.5, 0.6) is 5.75 Å². The molecule has 0 aliphatic heterocycles. The molecule has 2 N–H and O–H groups in total. The van der Waals surface area contributed by atoms with Crippen molar-refractivity contribution >= 4 is 16.9 Å². The lowest BCUT2D eigenvalue weighted by Crippen LogP contribution is -2.38. The molecular formula is C16H18N2O3. The molecule has 0 amide bonds. The molecule has 0 spiro atoms. The zero-order valence-corrected chi connectivity index (χ0v) is 11.9. The second kappa shape index (κ2) is 5.69. The molecule has 1 aromatic heterocycles. The number of aromatic nitrogens is 1. The predicted octanol–water partition coefficient (Wildman–Crippen LogP) is 2.20. The number of pyridine rings is 1. The minimum Gasteiger partial charge on any atom is -0.494 e. The van der Waals surface area contributed by atoms with Crippen molar-refractivity contribution in [1.82, 2.24) is 10.3 Å². The third-order valence-electron chi connectivity index (χ3n) is 3.82. The van der Waals surface area contributed by atoms with Gasteiger partial charge in [0.25, 0.3) is 0 Å². The van der Waals surface area contributed by atoms with Gasteiger partial charge in [0.2, 0.25) is 0 Å². The number of hydrogen-bond acceptors (Lipinski definition) is 4. The van der Waals surface area contributed by atoms with Gasteiger partial charge in [-0.15, -0.1) is 0 Å². The van der Waals surface area contributed by atoms with E-state index in [0.717, 1.165) is 35.2 Å². The number of benzene rings is 1. The number of carboxylic acids is 1. The lowest BCUT2D eigenvalue weighted by Gasteiger charge is -2.13. The first-order valence-corrected chi connectivity index (χ1v) is 7.08. The summed E-state index contributed by atoms with van der Waals surface area (Å²) < 4.78 is 5.32. The van der Waals surface area contributed by atoms with E-state index in [-0.39, 0.29) is 5.92 Å². The van der Waals surface area contributed by atoms with Crippen molar-refractivity contribution in [3.63, 3.8) is 0 Å². The molecular weight excluding hydrogens is 268 g/mol. The Morgan fingerprint density at radius 2 is 2.24 bits per heavy atom. The number of nitrogens with one attached hydrogen (secondary N) is 1. The lowest BCUT2D eigenvalue weighted by molar-refractivity contribution is -0.140. The molecule has 0 bridgehead atoms. The zero-order valence-electron chi connectivity index (χ0n) is 11.9. The standard InChI is InChI=1S/C16H18N2O3/c1-21-13-4-2-3-10-7-8-12(18-14(10)13)9-17-15(16(19)20)11-5-6-11/h2-4,7-8,11,15,17H,5-6,9H2,1H3,(H,19,20). The second-order valence-corrected chi connectivity index (χ2v) is 5.37. The van der Waals surface area contributed by atoms with Crippen LogP contribution in [0.1, 0.15) is 18.5 Å². The van der Waals surface area contributed by atoms with E-state index in [2.05, 4.69) is 10.3 Å². The maximum atomic E-state index is 11.2. The normalized spacial score (nSPS) is 15.9. The highest BCUT2D eigenvalue weighted by Gasteiger charge is 2.35. The minimum atomic E-state index is -0.782. The first-order valence-electron chi connectivity index (χ1n) is 7.08. The van der Waals surface area contributed by atoms with Crippen LogP contribution in [0.2, 0.25) is 0 Å². The quantitative estimate of drug-likeness (QED) is 0.851. The van der Waals surface area contributed by atoms with Gasteiger partial charge in [-0.1, -0.05) is 18.2 Å². The monoisotopic (exact) mass is 286 g/mol. The summed E-state index contributed by atoms with van der Waals surface area (Å²) in [6, 6.07) is 9.20. The van der Waals surface area contributed by atoms with E-state index in [9.17, 15) is 9.90 Å². The van der Waals surface area contributed by atoms with Gasteiger partial charge in [-0.25, -0.2) is 4.98 Å². The SMILES string of the molecule is COc1cccc2ccc(CNC(C(=O)O)C3CC3)nc12. The molecule has 1 fully saturated rings. The summed E-state index contributed by atoms with van der Waals surface area (Å²) in [6.45, 7) is 0.446. The van der Waals surface area contributed by atoms with Crippen molar-refractivity contribution in [2.45, 2.75) is 25.4 Å². The van der Waals surface area contributed by atoms with Gasteiger partial charge >= 0.3 is 5.97 Å². The van der Waals surface area contributed by atoms with Crippen LogP contribution in [0.3, 0.4) is 0 Å². The van der Waals surface area contributed by atoms with Crippen LogP contribution in [-0.2, 0) is 11.3 Å². The Bertz CT molecular complexity index is 668. The van der Waals surface area contributed by atoms with Crippen LogP contribution in [0, 0.1) is 5.92 Å². The fraction of sp³-hybridized carbons (Fsp3) is 0.375. The molecule has 1 unspecified atom stereocenters. The molecule has 5 nitrogen and oxygen atoms in total. The Kier molecular flexibility index (Phi) is 3.75. The van der Waals surface area contributed by atoms with E-state index in [1.807, 2.05) is 30.3 Å². The van der Waals surface area contributed by atoms with Crippen LogP contribution in [-0.4, -0.2) is 29.2 Å². The molecule has 21 heavy (non-hydrogen) atoms. The van der Waals surface area contributed by atoms with Crippen LogP contribution in [0.4, 0.5) is 0 Å². The Labute approximate surface area is 123 Å². The van der Waals surface area contributed by atoms with Crippen molar-refractivity contribution in [2.75, 3.05) is 7.11 Å². The van der Waals surface area contributed by atoms with Crippen LogP contribution < -0.4 is 10.1 Å². The summed E-state index contributed by atoms with van der Waals surface area (Å²) >= 11 is 0. The Hall–Kier alpha value is -2.14. The maximum Gasteiger partial charge on any atom is 0.320 e. The van der Waals surface area contributed by atoms with E-state index < -0.39 is 12.0 Å². The van der Waals surface area contributed by atoms with Gasteiger partial charge in [0.05, 0.1) is 12.8 Å². The fourth-order valence-corrected chi connectivity index (χ4v) is 2.52. The summed E-state index contributed by atoms with van der Waals surface area (Å²) in [5, 5.41) is 13.3. The van der Waals surface area contributed by atoms with E-state index in [4.69, 9.17) is 4.74 Å². The van der Waals surface area contributed by atoms with Crippen LogP contribution in [0.15, 0.2) is 30.3 Å². The van der Waals surface area contributed by atoms with Gasteiger partial charge < -0.3 is 9.84 Å². The smallest absolute Gasteiger partial charge is 0.320 e. The molecule has 1 heterocycles. The number of rotatable bonds is 6. The number of fused-ring (bicyclic) bond motifs is 1. The van der Waals surface area contributed by atoms with Crippen molar-refractivity contribution < 1.29 is 14.6 Å². The zero-order chi connectivity index (χ0) is 14.8. The molecule has 1 saturated carbocycles. The molecule has 2 aromatic rings. The first kappa shape index (κ1) is 13.8. The molecule has 110 valence electrons. The number of ether oxygens (including phenoxy) is 1. The summed E-state index contributed by atoms with van der Waals surface area (Å²) in [4.78, 5) is 15.8. The third kappa shape index (κ3) is 2.97. The molecule has 5 heteroatoms. The number of carbonyl (C=O) groups is 1. The van der Waals surface area contributed by atoms with E-state index in [1.165, 1.54) is 0 Å². The molecule has 1 aliphatic carbocycles. The van der Waals surface area contributed by atoms with Gasteiger partial charge in [-0.3, -0.25) is 10.1 Å². The predicted molar refractivity (Wildman–Crippen MR) is 79.3 cm³/mol. The first-order chi connectivity index (χ1) is 10.2. The largest absolute Gasteiger partial charge is 0.494 e. The molecule has 1 atom stereocenters. The Morgan fingerprint density at radius 1 is 1.43 bits per heavy atom. The lowest BCUT2D eigenvalue weighted by atomic mass is 10.1. The minimum absolute atomic E-state index is 0.262. The van der Waals surface area contributed by atoms with Crippen molar-refractivity contribution in [3.05, 3.63) is 36.0 Å². The third-order valence-corrected chi connectivity index (χ3v) is 3.82. The van der Waals surface area contributed by atoms with Crippen LogP contribution >= 0.6 is 0 Å². The number of aliphatic carboxylic acids is 1. The molecule has 1 aromatic carbocycles. The van der Waals surface area contributed by atoms with E-state index in [0.29, 0.717) is 6.54 Å². The Balaban J connectivity index is 1.79. The molecule has 1 aliphatic rings. The van der Waals surface area contributed by atoms with Crippen LogP contribution in [0.25, 0.3) is 10.9 Å². The van der Waals surface area contributed by atoms with E-state index in [1.54, 1.807) is 7.11 Å². The van der Waals surface area contributed by atoms with Gasteiger partial charge in [-0.2, -0.15) is 0 Å². The number of hydrogen-bond donors (Lipinski definition) is 2. The summed E-state index contributed by atoms with van der Waals surface area (Å²) in [5.74, 6) is 0.208. The number of methoxy groups -OCH3 is 1. The summed E-state index contributed by atoms with van der Waals surface area (Å²) in [5.41, 5.74) is 1.62. The van der Waals surface area contributed by atoms with Gasteiger partial charge in [0, 0.05) is 11.9 Å². The van der Waals surface area contributed by atoms with E-state index >= 15 is 0 Å². The Morgan fingerprint density at radius 3 is 2.90 bits per heavy atom. The second-order valence-electron chi connectivity index (χ2n) is 5.37. The summed E-state index contributed by atoms with van der Waals surface area (Å²) in [6.07, 6.45) is 1.98. The van der Waals surface area contributed by atoms with Crippen molar-refractivity contribution in [3.8, 4) is 5.75 Å². The highest BCUT2D eigenvalue weighted by molar-refractivity contribution is 5.84. The molecule has 3 rings (SSSR count). The highest BCUT2D eigenvalue weighted by atomic mass is 16.5. The topological polar surface area (TPSA) is 71.5 Å². The van der Waals surface area contributed by atoms with Gasteiger partial charge in [-0.05, 0) is 30.9 Å². The average Bonchev–Trinajstić information content (AvgIpc) is 3.31. The van der Waals surface area contributed by atoms with Gasteiger partial charge in [0.15, 0.2) is 0 Å². The molecule has 0 radical (unpaired) electrons. The average molecular weight is 286 g/mol. The summed E-state index contributed by atoms with van der Waals surface area (Å²) in [7, 11) is 1.62. The number of carboxylic acid groups (broad SMARTS) is 1. The van der Waals surface area contributed by atoms with Gasteiger partial charge in [0.1, 0.15) is 17.3 Å². The molecule has 0 saturated heterocycles. The highest BCUT2D eigenvalue weighted by Crippen LogP contribution is 2.33. The van der Waals surface area contributed by atoms with Crippen molar-refractivity contribution in [1.29, 1.82) is 0 Å². The fourth-order valence-electron chi connectivity index (χ4n) is 2.52. The van der Waals surface area contributed by atoms with Crippen molar-refractivity contribution in [2.24, 2.45) is 5.92 Å².